The predicted molar refractivity (Wildman–Crippen MR) is 44.7 cm³/mol. The van der Waals surface area contributed by atoms with Crippen molar-refractivity contribution < 1.29 is 0 Å². The zero-order chi connectivity index (χ0) is 9.46. The van der Waals surface area contributed by atoms with Crippen LogP contribution in [0.25, 0.3) is 0 Å². The summed E-state index contributed by atoms with van der Waals surface area (Å²) in [6.45, 7) is 3.14. The van der Waals surface area contributed by atoms with Crippen LogP contribution in [0.5, 0.6) is 0 Å². The molecule has 6 nitrogen and oxygen atoms in total. The number of nitrogens with zero attached hydrogens (tertiary/aromatic N) is 2. The number of hydrogen-bond acceptors (Lipinski definition) is 4. The van der Waals surface area contributed by atoms with Crippen LogP contribution in [0.4, 0.5) is 0 Å². The highest BCUT2D eigenvalue weighted by Crippen LogP contribution is 1.91. The Kier molecular flexibility index (Phi) is 1.68. The van der Waals surface area contributed by atoms with Crippen LogP contribution in [0, 0.1) is 13.8 Å². The standard InChI is InChI=1S/C6H10N4O2/c1-3-4(2)9(7)6(12)10(8)5(3)11/h7-8H2,1-2H3. The molecule has 0 aliphatic carbocycles. The van der Waals surface area contributed by atoms with Gasteiger partial charge < -0.3 is 11.7 Å². The average Bonchev–Trinajstić information content (AvgIpc) is 2.08. The second-order valence-electron chi connectivity index (χ2n) is 2.54. The molecule has 0 aromatic carbocycles. The third-order valence-electron chi connectivity index (χ3n) is 1.86. The van der Waals surface area contributed by atoms with Gasteiger partial charge in [0.2, 0.25) is 0 Å². The van der Waals surface area contributed by atoms with Crippen molar-refractivity contribution in [3.05, 3.63) is 32.1 Å². The van der Waals surface area contributed by atoms with Crippen molar-refractivity contribution in [1.82, 2.24) is 9.35 Å². The lowest BCUT2D eigenvalue weighted by molar-refractivity contribution is 0.716. The first-order valence-electron chi connectivity index (χ1n) is 3.32. The lowest BCUT2D eigenvalue weighted by Crippen LogP contribution is -2.48. The molecule has 12 heavy (non-hydrogen) atoms. The molecule has 1 aromatic heterocycles. The molecule has 6 heteroatoms. The monoisotopic (exact) mass is 170 g/mol. The van der Waals surface area contributed by atoms with Gasteiger partial charge in [-0.1, -0.05) is 0 Å². The molecule has 0 saturated heterocycles. The van der Waals surface area contributed by atoms with E-state index in [-0.39, 0.29) is 0 Å². The van der Waals surface area contributed by atoms with Crippen molar-refractivity contribution in [3.8, 4) is 0 Å². The number of nitrogens with two attached hydrogens (primary N) is 2. The molecule has 0 amide bonds. The summed E-state index contributed by atoms with van der Waals surface area (Å²) in [5, 5.41) is 0. The van der Waals surface area contributed by atoms with Gasteiger partial charge in [-0.2, -0.15) is 4.68 Å². The highest BCUT2D eigenvalue weighted by atomic mass is 16.2. The number of hydrogen-bond donors (Lipinski definition) is 2. The van der Waals surface area contributed by atoms with Gasteiger partial charge in [-0.3, -0.25) is 4.79 Å². The summed E-state index contributed by atoms with van der Waals surface area (Å²) in [5.41, 5.74) is -0.436. The fraction of sp³-hybridized carbons (Fsp3) is 0.333. The van der Waals surface area contributed by atoms with E-state index in [0.29, 0.717) is 15.9 Å². The highest BCUT2D eigenvalue weighted by Gasteiger charge is 2.08. The number of nitrogen functional groups attached to an aromatic ring is 2. The van der Waals surface area contributed by atoms with Gasteiger partial charge in [0, 0.05) is 5.56 Å². The summed E-state index contributed by atoms with van der Waals surface area (Å²) in [7, 11) is 0. The van der Waals surface area contributed by atoms with Crippen molar-refractivity contribution in [1.29, 1.82) is 0 Å². The molecular weight excluding hydrogens is 160 g/mol. The lowest BCUT2D eigenvalue weighted by atomic mass is 10.3. The minimum Gasteiger partial charge on any atom is -0.335 e. The van der Waals surface area contributed by atoms with Crippen molar-refractivity contribution in [3.63, 3.8) is 0 Å². The van der Waals surface area contributed by atoms with Crippen LogP contribution >= 0.6 is 0 Å². The maximum Gasteiger partial charge on any atom is 0.368 e. The predicted octanol–water partition coefficient (Wildman–Crippen LogP) is -1.95. The zero-order valence-electron chi connectivity index (χ0n) is 6.87. The molecule has 0 radical (unpaired) electrons. The highest BCUT2D eigenvalue weighted by molar-refractivity contribution is 5.14. The molecule has 0 aliphatic rings. The Labute approximate surface area is 68.0 Å². The molecular formula is C6H10N4O2. The Balaban J connectivity index is 3.86. The van der Waals surface area contributed by atoms with Crippen LogP contribution in [0.2, 0.25) is 0 Å². The first-order valence-corrected chi connectivity index (χ1v) is 3.32. The minimum atomic E-state index is -0.719. The molecule has 0 fully saturated rings. The van der Waals surface area contributed by atoms with Gasteiger partial charge in [0.25, 0.3) is 5.56 Å². The smallest absolute Gasteiger partial charge is 0.335 e. The first kappa shape index (κ1) is 8.38. The normalized spacial score (nSPS) is 10.2. The molecule has 0 unspecified atom stereocenters. The molecule has 1 heterocycles. The Morgan fingerprint density at radius 3 is 2.08 bits per heavy atom. The number of rotatable bonds is 0. The van der Waals surface area contributed by atoms with E-state index in [1.165, 1.54) is 0 Å². The third kappa shape index (κ3) is 0.884. The van der Waals surface area contributed by atoms with Crippen molar-refractivity contribution in [2.75, 3.05) is 11.7 Å². The molecule has 4 N–H and O–H groups in total. The third-order valence-corrected chi connectivity index (χ3v) is 1.86. The van der Waals surface area contributed by atoms with E-state index in [0.717, 1.165) is 4.68 Å². The summed E-state index contributed by atoms with van der Waals surface area (Å²) in [5.74, 6) is 10.5. The van der Waals surface area contributed by atoms with E-state index >= 15 is 0 Å². The van der Waals surface area contributed by atoms with Crippen molar-refractivity contribution >= 4 is 0 Å². The second-order valence-corrected chi connectivity index (χ2v) is 2.54. The van der Waals surface area contributed by atoms with Crippen LogP contribution in [-0.2, 0) is 0 Å². The van der Waals surface area contributed by atoms with Crippen LogP contribution in [-0.4, -0.2) is 9.35 Å². The summed E-state index contributed by atoms with van der Waals surface area (Å²) in [6, 6.07) is 0. The molecule has 0 saturated carbocycles. The summed E-state index contributed by atoms with van der Waals surface area (Å²) < 4.78 is 1.33. The van der Waals surface area contributed by atoms with E-state index in [1.807, 2.05) is 0 Å². The van der Waals surface area contributed by atoms with Crippen molar-refractivity contribution in [2.45, 2.75) is 13.8 Å². The first-order chi connectivity index (χ1) is 5.46. The van der Waals surface area contributed by atoms with Gasteiger partial charge in [-0.25, -0.2) is 9.47 Å². The molecule has 0 spiro atoms. The van der Waals surface area contributed by atoms with Gasteiger partial charge in [0.1, 0.15) is 0 Å². The van der Waals surface area contributed by atoms with Gasteiger partial charge in [0.05, 0.1) is 5.69 Å². The van der Waals surface area contributed by atoms with Crippen LogP contribution in [0.1, 0.15) is 11.3 Å². The molecule has 66 valence electrons. The molecule has 0 atom stereocenters. The van der Waals surface area contributed by atoms with Crippen LogP contribution < -0.4 is 22.9 Å². The largest absolute Gasteiger partial charge is 0.368 e. The number of aromatic nitrogens is 2. The summed E-state index contributed by atoms with van der Waals surface area (Å²) in [4.78, 5) is 22.2. The zero-order valence-corrected chi connectivity index (χ0v) is 6.87. The van der Waals surface area contributed by atoms with E-state index in [9.17, 15) is 9.59 Å². The van der Waals surface area contributed by atoms with Crippen LogP contribution in [0.15, 0.2) is 9.59 Å². The topological polar surface area (TPSA) is 96.0 Å². The van der Waals surface area contributed by atoms with E-state index < -0.39 is 11.2 Å². The Hall–Kier alpha value is -1.72. The lowest BCUT2D eigenvalue weighted by Gasteiger charge is -2.07. The molecule has 0 bridgehead atoms. The molecule has 1 rings (SSSR count). The van der Waals surface area contributed by atoms with E-state index in [1.54, 1.807) is 13.8 Å². The van der Waals surface area contributed by atoms with Gasteiger partial charge in [-0.15, -0.1) is 0 Å². The second kappa shape index (κ2) is 2.40. The fourth-order valence-electron chi connectivity index (χ4n) is 0.863. The van der Waals surface area contributed by atoms with Gasteiger partial charge in [0.15, 0.2) is 0 Å². The average molecular weight is 170 g/mol. The van der Waals surface area contributed by atoms with Crippen molar-refractivity contribution in [2.24, 2.45) is 0 Å². The van der Waals surface area contributed by atoms with E-state index in [2.05, 4.69) is 0 Å². The van der Waals surface area contributed by atoms with E-state index in [4.69, 9.17) is 11.7 Å². The van der Waals surface area contributed by atoms with Gasteiger partial charge >= 0.3 is 5.69 Å². The fourth-order valence-corrected chi connectivity index (χ4v) is 0.863. The Morgan fingerprint density at radius 2 is 1.58 bits per heavy atom. The molecule has 0 aliphatic heterocycles. The maximum atomic E-state index is 11.1. The summed E-state index contributed by atoms with van der Waals surface area (Å²) in [6.07, 6.45) is 0. The molecule has 1 aromatic rings. The quantitative estimate of drug-likeness (QED) is 0.442. The SMILES string of the molecule is Cc1c(C)n(N)c(=O)n(N)c1=O. The minimum absolute atomic E-state index is 0.375. The summed E-state index contributed by atoms with van der Waals surface area (Å²) >= 11 is 0. The van der Waals surface area contributed by atoms with Crippen LogP contribution in [0.3, 0.4) is 0 Å². The Bertz CT molecular complexity index is 391. The van der Waals surface area contributed by atoms with Gasteiger partial charge in [-0.05, 0) is 13.8 Å². The maximum absolute atomic E-state index is 11.1. The Morgan fingerprint density at radius 1 is 1.08 bits per heavy atom.